The first-order valence-corrected chi connectivity index (χ1v) is 16.9. The Morgan fingerprint density at radius 2 is 1.71 bits per heavy atom. The highest BCUT2D eigenvalue weighted by molar-refractivity contribution is 7.88. The molecule has 2 atom stereocenters. The first kappa shape index (κ1) is 29.9. The van der Waals surface area contributed by atoms with Crippen LogP contribution in [-0.2, 0) is 30.8 Å². The Hall–Kier alpha value is -2.56. The van der Waals surface area contributed by atoms with Crippen molar-refractivity contribution in [2.75, 3.05) is 39.5 Å². The van der Waals surface area contributed by atoms with Crippen molar-refractivity contribution < 1.29 is 22.7 Å². The second-order valence-corrected chi connectivity index (χ2v) is 14.3. The molecule has 0 spiro atoms. The summed E-state index contributed by atoms with van der Waals surface area (Å²) < 4.78 is 30.5. The first-order chi connectivity index (χ1) is 19.7. The SMILES string of the molecule is COC(=O)Cc1ccc(C2=CN=C([C@@H]3C[C@H](C4CCN(S(C)(=O)=O)CC4)CN3C(=O)C3CCC(CN)CC3)C2)cc1. The van der Waals surface area contributed by atoms with Crippen molar-refractivity contribution in [3.8, 4) is 0 Å². The number of hydrogen-bond donors (Lipinski definition) is 1. The molecule has 1 amide bonds. The molecule has 224 valence electrons. The van der Waals surface area contributed by atoms with Gasteiger partial charge in [0, 0.05) is 43.9 Å². The second-order valence-electron chi connectivity index (χ2n) is 12.4. The normalized spacial score (nSPS) is 27.9. The summed E-state index contributed by atoms with van der Waals surface area (Å²) in [6.07, 6.45) is 10.5. The summed E-state index contributed by atoms with van der Waals surface area (Å²) in [6.45, 7) is 2.53. The van der Waals surface area contributed by atoms with Crippen LogP contribution < -0.4 is 5.73 Å². The van der Waals surface area contributed by atoms with Crippen LogP contribution in [0, 0.1) is 23.7 Å². The number of amides is 1. The number of methoxy groups -OCH3 is 1. The van der Waals surface area contributed by atoms with E-state index in [0.717, 1.165) is 73.9 Å². The lowest BCUT2D eigenvalue weighted by Crippen LogP contribution is -2.44. The third kappa shape index (κ3) is 6.92. The minimum Gasteiger partial charge on any atom is -0.469 e. The fourth-order valence-electron chi connectivity index (χ4n) is 7.23. The number of allylic oxidation sites excluding steroid dienone is 1. The minimum absolute atomic E-state index is 0.0278. The minimum atomic E-state index is -3.17. The summed E-state index contributed by atoms with van der Waals surface area (Å²) in [4.78, 5) is 32.6. The lowest BCUT2D eigenvalue weighted by Gasteiger charge is -2.34. The standard InChI is InChI=1S/C31H44N4O5S/c1-40-30(36)15-21-3-7-23(8-4-21)26-16-28(33-19-26)29-17-27(24-11-13-34(14-12-24)41(2,38)39)20-35(29)31(37)25-9-5-22(18-32)6-10-25/h3-4,7-8,19,22,24-25,27,29H,5-6,9-18,20,32H2,1-2H3/t22?,25?,27-,29-/m0/s1. The summed E-state index contributed by atoms with van der Waals surface area (Å²) in [5, 5.41) is 0. The highest BCUT2D eigenvalue weighted by Gasteiger charge is 2.44. The van der Waals surface area contributed by atoms with Crippen LogP contribution in [0.15, 0.2) is 35.5 Å². The average molecular weight is 585 g/mol. The van der Waals surface area contributed by atoms with E-state index in [1.165, 1.54) is 13.4 Å². The quantitative estimate of drug-likeness (QED) is 0.468. The van der Waals surface area contributed by atoms with Crippen LogP contribution in [0.5, 0.6) is 0 Å². The van der Waals surface area contributed by atoms with E-state index in [4.69, 9.17) is 15.5 Å². The predicted molar refractivity (Wildman–Crippen MR) is 159 cm³/mol. The molecule has 0 bridgehead atoms. The van der Waals surface area contributed by atoms with Crippen molar-refractivity contribution in [1.82, 2.24) is 9.21 Å². The molecule has 1 aliphatic carbocycles. The van der Waals surface area contributed by atoms with Crippen LogP contribution in [-0.4, -0.2) is 80.8 Å². The summed E-state index contributed by atoms with van der Waals surface area (Å²) in [5.74, 6) is 1.30. The topological polar surface area (TPSA) is 122 Å². The van der Waals surface area contributed by atoms with Gasteiger partial charge < -0.3 is 15.4 Å². The van der Waals surface area contributed by atoms with Crippen LogP contribution in [0.4, 0.5) is 0 Å². The molecule has 2 saturated heterocycles. The molecule has 10 heteroatoms. The van der Waals surface area contributed by atoms with E-state index in [1.807, 2.05) is 30.5 Å². The molecule has 1 aromatic rings. The summed E-state index contributed by atoms with van der Waals surface area (Å²) in [7, 11) is -1.78. The van der Waals surface area contributed by atoms with E-state index in [1.54, 1.807) is 4.31 Å². The first-order valence-electron chi connectivity index (χ1n) is 15.0. The van der Waals surface area contributed by atoms with E-state index in [0.29, 0.717) is 43.8 Å². The Balaban J connectivity index is 1.28. The van der Waals surface area contributed by atoms with Gasteiger partial charge in [0.05, 0.1) is 25.8 Å². The molecule has 3 aliphatic heterocycles. The van der Waals surface area contributed by atoms with Crippen molar-refractivity contribution in [2.45, 2.75) is 63.8 Å². The summed E-state index contributed by atoms with van der Waals surface area (Å²) in [5.41, 5.74) is 10.0. The maximum atomic E-state index is 14.0. The fourth-order valence-corrected chi connectivity index (χ4v) is 8.11. The van der Waals surface area contributed by atoms with Crippen molar-refractivity contribution >= 4 is 33.2 Å². The van der Waals surface area contributed by atoms with Gasteiger partial charge in [-0.3, -0.25) is 14.6 Å². The van der Waals surface area contributed by atoms with Crippen molar-refractivity contribution in [2.24, 2.45) is 34.4 Å². The third-order valence-electron chi connectivity index (χ3n) is 9.82. The molecule has 3 heterocycles. The number of benzene rings is 1. The van der Waals surface area contributed by atoms with E-state index in [9.17, 15) is 18.0 Å². The number of aliphatic imine (C=N–C) groups is 1. The monoisotopic (exact) mass is 584 g/mol. The lowest BCUT2D eigenvalue weighted by atomic mass is 9.81. The second kappa shape index (κ2) is 12.8. The Labute approximate surface area is 244 Å². The molecule has 4 aliphatic rings. The zero-order chi connectivity index (χ0) is 29.1. The highest BCUT2D eigenvalue weighted by atomic mass is 32.2. The number of nitrogens with two attached hydrogens (primary N) is 1. The molecule has 5 rings (SSSR count). The molecule has 9 nitrogen and oxygen atoms in total. The smallest absolute Gasteiger partial charge is 0.309 e. The van der Waals surface area contributed by atoms with Gasteiger partial charge in [0.25, 0.3) is 0 Å². The number of esters is 1. The van der Waals surface area contributed by atoms with Crippen molar-refractivity contribution in [3.63, 3.8) is 0 Å². The Morgan fingerprint density at radius 1 is 1.02 bits per heavy atom. The van der Waals surface area contributed by atoms with Gasteiger partial charge in [-0.1, -0.05) is 24.3 Å². The van der Waals surface area contributed by atoms with Crippen molar-refractivity contribution in [3.05, 3.63) is 41.6 Å². The van der Waals surface area contributed by atoms with E-state index < -0.39 is 10.0 Å². The van der Waals surface area contributed by atoms with Gasteiger partial charge in [-0.25, -0.2) is 12.7 Å². The Bertz CT molecular complexity index is 1280. The Kier molecular flexibility index (Phi) is 9.30. The zero-order valence-corrected chi connectivity index (χ0v) is 25.2. The van der Waals surface area contributed by atoms with Crippen LogP contribution in [0.2, 0.25) is 0 Å². The Morgan fingerprint density at radius 3 is 2.32 bits per heavy atom. The largest absolute Gasteiger partial charge is 0.469 e. The van der Waals surface area contributed by atoms with Gasteiger partial charge in [-0.2, -0.15) is 0 Å². The number of nitrogens with zero attached hydrogens (tertiary/aromatic N) is 3. The molecule has 3 fully saturated rings. The molecule has 41 heavy (non-hydrogen) atoms. The zero-order valence-electron chi connectivity index (χ0n) is 24.3. The predicted octanol–water partition coefficient (Wildman–Crippen LogP) is 3.24. The number of carbonyl (C=O) groups excluding carboxylic acids is 2. The van der Waals surface area contributed by atoms with Crippen LogP contribution in [0.25, 0.3) is 5.57 Å². The van der Waals surface area contributed by atoms with E-state index >= 15 is 0 Å². The van der Waals surface area contributed by atoms with Crippen LogP contribution in [0.1, 0.15) is 62.5 Å². The van der Waals surface area contributed by atoms with Gasteiger partial charge in [0.1, 0.15) is 0 Å². The maximum absolute atomic E-state index is 14.0. The summed E-state index contributed by atoms with van der Waals surface area (Å²) >= 11 is 0. The highest BCUT2D eigenvalue weighted by Crippen LogP contribution is 2.40. The molecule has 0 aromatic heterocycles. The number of piperidine rings is 1. The molecule has 1 saturated carbocycles. The van der Waals surface area contributed by atoms with Gasteiger partial charge >= 0.3 is 5.97 Å². The van der Waals surface area contributed by atoms with Gasteiger partial charge in [0.15, 0.2) is 0 Å². The van der Waals surface area contributed by atoms with E-state index in [-0.39, 0.29) is 30.3 Å². The number of hydrogen-bond acceptors (Lipinski definition) is 7. The van der Waals surface area contributed by atoms with E-state index in [2.05, 4.69) is 4.90 Å². The third-order valence-corrected chi connectivity index (χ3v) is 11.1. The number of likely N-dealkylation sites (tertiary alicyclic amines) is 1. The molecule has 1 aromatic carbocycles. The van der Waals surface area contributed by atoms with Gasteiger partial charge in [-0.05, 0) is 85.9 Å². The molecule has 0 unspecified atom stereocenters. The molecular weight excluding hydrogens is 540 g/mol. The maximum Gasteiger partial charge on any atom is 0.309 e. The van der Waals surface area contributed by atoms with Gasteiger partial charge in [0.2, 0.25) is 15.9 Å². The molecule has 0 radical (unpaired) electrons. The van der Waals surface area contributed by atoms with Gasteiger partial charge in [-0.15, -0.1) is 0 Å². The molecular formula is C31H44N4O5S. The number of ether oxygens (including phenoxy) is 1. The van der Waals surface area contributed by atoms with Crippen LogP contribution >= 0.6 is 0 Å². The van der Waals surface area contributed by atoms with Crippen molar-refractivity contribution in [1.29, 1.82) is 0 Å². The van der Waals surface area contributed by atoms with Crippen LogP contribution in [0.3, 0.4) is 0 Å². The fraction of sp³-hybridized carbons (Fsp3) is 0.645. The number of rotatable bonds is 8. The summed E-state index contributed by atoms with van der Waals surface area (Å²) in [6, 6.07) is 7.92. The lowest BCUT2D eigenvalue weighted by molar-refractivity contribution is -0.140. The molecule has 2 N–H and O–H groups in total. The number of carbonyl (C=O) groups is 2. The average Bonchev–Trinajstić information content (AvgIpc) is 3.65. The number of sulfonamides is 1.